The minimum atomic E-state index is -0.135. The summed E-state index contributed by atoms with van der Waals surface area (Å²) in [7, 11) is 0. The van der Waals surface area contributed by atoms with Gasteiger partial charge in [0.1, 0.15) is 0 Å². The molecule has 3 nitrogen and oxygen atoms in total. The van der Waals surface area contributed by atoms with Crippen molar-refractivity contribution in [1.29, 1.82) is 0 Å². The van der Waals surface area contributed by atoms with E-state index < -0.39 is 0 Å². The Balaban J connectivity index is 1.89. The van der Waals surface area contributed by atoms with Crippen molar-refractivity contribution >= 4 is 23.2 Å². The Morgan fingerprint density at radius 3 is 2.61 bits per heavy atom. The van der Waals surface area contributed by atoms with Gasteiger partial charge in [-0.3, -0.25) is 4.79 Å². The first kappa shape index (κ1) is 12.0. The molecule has 0 radical (unpaired) electrons. The fourth-order valence-electron chi connectivity index (χ4n) is 3.09. The van der Waals surface area contributed by atoms with E-state index >= 15 is 0 Å². The summed E-state index contributed by atoms with van der Waals surface area (Å²) < 4.78 is 0. The zero-order valence-corrected chi connectivity index (χ0v) is 11.0. The van der Waals surface area contributed by atoms with Crippen LogP contribution in [0.3, 0.4) is 0 Å². The largest absolute Gasteiger partial charge is 0.317 e. The lowest BCUT2D eigenvalue weighted by molar-refractivity contribution is -0.126. The predicted octanol–water partition coefficient (Wildman–Crippen LogP) is 2.45. The molecule has 0 aliphatic carbocycles. The summed E-state index contributed by atoms with van der Waals surface area (Å²) in [6.07, 6.45) is 2.86. The van der Waals surface area contributed by atoms with Crippen LogP contribution in [0.5, 0.6) is 0 Å². The number of carbonyl (C=O) groups excluding carboxylic acids is 1. The van der Waals surface area contributed by atoms with Crippen LogP contribution in [0, 0.1) is 5.41 Å². The third-order valence-electron chi connectivity index (χ3n) is 4.22. The molecule has 96 valence electrons. The number of hydrogen-bond acceptors (Lipinski definition) is 2. The molecule has 0 bridgehead atoms. The summed E-state index contributed by atoms with van der Waals surface area (Å²) in [5, 5.41) is 3.99. The number of benzene rings is 1. The molecule has 2 aliphatic heterocycles. The fraction of sp³-hybridized carbons (Fsp3) is 0.500. The highest BCUT2D eigenvalue weighted by Gasteiger charge is 2.47. The van der Waals surface area contributed by atoms with Crippen LogP contribution in [0.15, 0.2) is 24.3 Å². The van der Waals surface area contributed by atoms with Crippen LogP contribution in [0.4, 0.5) is 5.69 Å². The minimum Gasteiger partial charge on any atom is -0.317 e. The number of para-hydroxylation sites is 1. The zero-order chi connectivity index (χ0) is 12.6. The molecule has 2 aliphatic rings. The molecule has 2 fully saturated rings. The third-order valence-corrected chi connectivity index (χ3v) is 4.54. The number of rotatable bonds is 1. The van der Waals surface area contributed by atoms with Gasteiger partial charge in [-0.2, -0.15) is 0 Å². The first-order valence-corrected chi connectivity index (χ1v) is 6.88. The second kappa shape index (κ2) is 4.56. The monoisotopic (exact) mass is 264 g/mol. The lowest BCUT2D eigenvalue weighted by Crippen LogP contribution is -2.42. The molecule has 1 amide bonds. The zero-order valence-electron chi connectivity index (χ0n) is 10.3. The van der Waals surface area contributed by atoms with Crippen LogP contribution in [-0.4, -0.2) is 25.5 Å². The number of nitrogens with zero attached hydrogens (tertiary/aromatic N) is 1. The first-order valence-electron chi connectivity index (χ1n) is 6.50. The molecule has 2 saturated heterocycles. The van der Waals surface area contributed by atoms with Gasteiger partial charge < -0.3 is 10.2 Å². The number of nitrogens with one attached hydrogen (secondary N) is 1. The van der Waals surface area contributed by atoms with E-state index in [1.807, 2.05) is 29.2 Å². The van der Waals surface area contributed by atoms with E-state index in [0.717, 1.165) is 44.6 Å². The molecule has 2 heterocycles. The second-order valence-electron chi connectivity index (χ2n) is 5.19. The average molecular weight is 265 g/mol. The Labute approximate surface area is 112 Å². The molecule has 0 saturated carbocycles. The maximum atomic E-state index is 12.7. The standard InChI is InChI=1S/C14H17ClN2O/c15-11-3-1-2-4-12(11)17-10-7-14(13(17)18)5-8-16-9-6-14/h1-4,16H,5-10H2. The maximum absolute atomic E-state index is 12.7. The third kappa shape index (κ3) is 1.82. The topological polar surface area (TPSA) is 32.3 Å². The van der Waals surface area contributed by atoms with Crippen LogP contribution >= 0.6 is 11.6 Å². The number of halogens is 1. The van der Waals surface area contributed by atoms with Crippen LogP contribution in [-0.2, 0) is 4.79 Å². The molecule has 0 atom stereocenters. The van der Waals surface area contributed by atoms with Crippen LogP contribution in [0.25, 0.3) is 0 Å². The number of hydrogen-bond donors (Lipinski definition) is 1. The molecule has 0 aromatic heterocycles. The number of anilines is 1. The molecule has 3 rings (SSSR count). The molecule has 1 aromatic carbocycles. The Bertz CT molecular complexity index is 469. The van der Waals surface area contributed by atoms with E-state index in [9.17, 15) is 4.79 Å². The van der Waals surface area contributed by atoms with Gasteiger partial charge in [-0.25, -0.2) is 0 Å². The highest BCUT2D eigenvalue weighted by Crippen LogP contribution is 2.42. The summed E-state index contributed by atoms with van der Waals surface area (Å²) in [6, 6.07) is 7.60. The average Bonchev–Trinajstić information content (AvgIpc) is 2.69. The maximum Gasteiger partial charge on any atom is 0.233 e. The van der Waals surface area contributed by atoms with Gasteiger partial charge in [-0.15, -0.1) is 0 Å². The summed E-state index contributed by atoms with van der Waals surface area (Å²) >= 11 is 6.19. The molecule has 1 N–H and O–H groups in total. The molecular formula is C14H17ClN2O. The predicted molar refractivity (Wildman–Crippen MR) is 73.0 cm³/mol. The quantitative estimate of drug-likeness (QED) is 0.845. The van der Waals surface area contributed by atoms with Crippen molar-refractivity contribution in [1.82, 2.24) is 5.32 Å². The molecular weight excluding hydrogens is 248 g/mol. The first-order chi connectivity index (χ1) is 8.73. The van der Waals surface area contributed by atoms with E-state index in [1.165, 1.54) is 0 Å². The van der Waals surface area contributed by atoms with E-state index in [2.05, 4.69) is 5.32 Å². The SMILES string of the molecule is O=C1N(c2ccccc2Cl)CCC12CCNCC2. The normalized spacial score (nSPS) is 22.7. The number of amides is 1. The Hall–Kier alpha value is -1.06. The van der Waals surface area contributed by atoms with Crippen molar-refractivity contribution in [3.8, 4) is 0 Å². The van der Waals surface area contributed by atoms with Crippen molar-refractivity contribution in [2.24, 2.45) is 5.41 Å². The van der Waals surface area contributed by atoms with Crippen LogP contribution < -0.4 is 10.2 Å². The van der Waals surface area contributed by atoms with E-state index in [1.54, 1.807) is 0 Å². The Morgan fingerprint density at radius 2 is 1.89 bits per heavy atom. The van der Waals surface area contributed by atoms with Gasteiger partial charge in [0.05, 0.1) is 16.1 Å². The van der Waals surface area contributed by atoms with Gasteiger partial charge >= 0.3 is 0 Å². The van der Waals surface area contributed by atoms with E-state index in [4.69, 9.17) is 11.6 Å². The lowest BCUT2D eigenvalue weighted by atomic mass is 9.78. The molecule has 1 spiro atoms. The van der Waals surface area contributed by atoms with Gasteiger partial charge in [0.15, 0.2) is 0 Å². The van der Waals surface area contributed by atoms with Crippen molar-refractivity contribution in [3.05, 3.63) is 29.3 Å². The van der Waals surface area contributed by atoms with Crippen LogP contribution in [0.2, 0.25) is 5.02 Å². The highest BCUT2D eigenvalue weighted by molar-refractivity contribution is 6.33. The van der Waals surface area contributed by atoms with Gasteiger partial charge in [0, 0.05) is 6.54 Å². The molecule has 18 heavy (non-hydrogen) atoms. The molecule has 4 heteroatoms. The Kier molecular flexibility index (Phi) is 3.04. The van der Waals surface area contributed by atoms with E-state index in [0.29, 0.717) is 5.02 Å². The summed E-state index contributed by atoms with van der Waals surface area (Å²) in [6.45, 7) is 2.69. The Morgan fingerprint density at radius 1 is 1.17 bits per heavy atom. The van der Waals surface area contributed by atoms with Gasteiger partial charge in [0.25, 0.3) is 0 Å². The van der Waals surface area contributed by atoms with Crippen molar-refractivity contribution in [3.63, 3.8) is 0 Å². The van der Waals surface area contributed by atoms with Gasteiger partial charge in [0.2, 0.25) is 5.91 Å². The summed E-state index contributed by atoms with van der Waals surface area (Å²) in [5.74, 6) is 0.261. The number of piperidine rings is 1. The smallest absolute Gasteiger partial charge is 0.233 e. The fourth-order valence-corrected chi connectivity index (χ4v) is 3.33. The highest BCUT2D eigenvalue weighted by atomic mass is 35.5. The lowest BCUT2D eigenvalue weighted by Gasteiger charge is -2.32. The molecule has 0 unspecified atom stereocenters. The van der Waals surface area contributed by atoms with E-state index in [-0.39, 0.29) is 11.3 Å². The number of carbonyl (C=O) groups is 1. The van der Waals surface area contributed by atoms with Gasteiger partial charge in [-0.1, -0.05) is 23.7 Å². The summed E-state index contributed by atoms with van der Waals surface area (Å²) in [5.41, 5.74) is 0.726. The van der Waals surface area contributed by atoms with Crippen molar-refractivity contribution < 1.29 is 4.79 Å². The molecule has 1 aromatic rings. The minimum absolute atomic E-state index is 0.135. The van der Waals surface area contributed by atoms with Crippen molar-refractivity contribution in [2.45, 2.75) is 19.3 Å². The second-order valence-corrected chi connectivity index (χ2v) is 5.60. The van der Waals surface area contributed by atoms with Crippen molar-refractivity contribution in [2.75, 3.05) is 24.5 Å². The van der Waals surface area contributed by atoms with Crippen LogP contribution in [0.1, 0.15) is 19.3 Å². The summed E-state index contributed by atoms with van der Waals surface area (Å²) in [4.78, 5) is 14.5. The van der Waals surface area contributed by atoms with Gasteiger partial charge in [-0.05, 0) is 44.5 Å².